The Hall–Kier alpha value is -7.58. The summed E-state index contributed by atoms with van der Waals surface area (Å²) in [6, 6.07) is 11.1. The molecule has 0 unspecified atom stereocenters. The van der Waals surface area contributed by atoms with Crippen LogP contribution < -0.4 is 54.2 Å². The number of nitrogens with two attached hydrogens (primary N) is 3. The summed E-state index contributed by atoms with van der Waals surface area (Å²) >= 11 is 0. The van der Waals surface area contributed by atoms with Crippen molar-refractivity contribution in [3.63, 3.8) is 0 Å². The SMILES string of the molecule is CCN(CCC(=O)NCCCC[C@H](NC(=O)CC[C@H](NC(=O)c1ccc(NCc2cnc3nc(N)[nH]c(=O)c3n2)cc1)C(=O)O)C(=O)NC/C(C=N)=C/N)c1ccc(N)cc1. The quantitative estimate of drug-likeness (QED) is 0.0263. The smallest absolute Gasteiger partial charge is 0.326 e. The molecule has 0 saturated heterocycles. The minimum absolute atomic E-state index is 0.0295. The van der Waals surface area contributed by atoms with Crippen LogP contribution in [0.4, 0.5) is 23.0 Å². The van der Waals surface area contributed by atoms with Gasteiger partial charge in [-0.1, -0.05) is 0 Å². The molecular weight excluding hydrogens is 789 g/mol. The van der Waals surface area contributed by atoms with Gasteiger partial charge in [-0.25, -0.2) is 14.8 Å². The minimum Gasteiger partial charge on any atom is -0.480 e. The van der Waals surface area contributed by atoms with Gasteiger partial charge < -0.3 is 59.2 Å². The molecule has 0 aliphatic rings. The Labute approximate surface area is 350 Å². The van der Waals surface area contributed by atoms with Crippen molar-refractivity contribution < 1.29 is 29.1 Å². The molecule has 2 aromatic carbocycles. The number of carboxylic acids is 1. The number of nitrogens with zero attached hydrogens (tertiary/aromatic N) is 4. The normalized spacial score (nSPS) is 12.1. The number of anilines is 4. The van der Waals surface area contributed by atoms with E-state index in [-0.39, 0.29) is 67.4 Å². The number of unbranched alkanes of at least 4 members (excludes halogenated alkanes) is 1. The fourth-order valence-corrected chi connectivity index (χ4v) is 5.95. The number of amides is 4. The molecule has 4 aromatic rings. The number of aromatic nitrogens is 4. The highest BCUT2D eigenvalue weighted by Crippen LogP contribution is 2.17. The molecule has 21 nitrogen and oxygen atoms in total. The molecule has 324 valence electrons. The number of aromatic amines is 1. The number of nitrogen functional groups attached to an aromatic ring is 2. The highest BCUT2D eigenvalue weighted by Gasteiger charge is 2.25. The Balaban J connectivity index is 1.25. The molecule has 2 aromatic heterocycles. The molecule has 0 bridgehead atoms. The first-order valence-corrected chi connectivity index (χ1v) is 19.5. The van der Waals surface area contributed by atoms with Crippen LogP contribution in [0, 0.1) is 5.41 Å². The summed E-state index contributed by atoms with van der Waals surface area (Å²) in [6.45, 7) is 3.70. The first-order chi connectivity index (χ1) is 29.3. The summed E-state index contributed by atoms with van der Waals surface area (Å²) in [5.74, 6) is -3.40. The number of aliphatic carboxylic acids is 1. The highest BCUT2D eigenvalue weighted by atomic mass is 16.4. The van der Waals surface area contributed by atoms with Gasteiger partial charge in [-0.05, 0) is 81.1 Å². The Morgan fingerprint density at radius 3 is 2.33 bits per heavy atom. The fraction of sp³-hybridized carbons (Fsp3) is 0.350. The second-order valence-corrected chi connectivity index (χ2v) is 13.8. The van der Waals surface area contributed by atoms with E-state index in [4.69, 9.17) is 22.6 Å². The number of H-pyrrole nitrogens is 1. The molecule has 0 fully saturated rings. The third-order valence-corrected chi connectivity index (χ3v) is 9.38. The monoisotopic (exact) mass is 840 g/mol. The van der Waals surface area contributed by atoms with E-state index in [1.807, 2.05) is 19.1 Å². The van der Waals surface area contributed by atoms with E-state index in [1.165, 1.54) is 24.5 Å². The van der Waals surface area contributed by atoms with E-state index in [9.17, 15) is 33.9 Å². The molecule has 0 saturated carbocycles. The topological polar surface area (TPSA) is 342 Å². The van der Waals surface area contributed by atoms with Crippen molar-refractivity contribution in [3.8, 4) is 0 Å². The largest absolute Gasteiger partial charge is 0.480 e. The maximum Gasteiger partial charge on any atom is 0.326 e. The molecule has 0 aliphatic heterocycles. The van der Waals surface area contributed by atoms with E-state index in [0.717, 1.165) is 11.9 Å². The van der Waals surface area contributed by atoms with Gasteiger partial charge >= 0.3 is 5.97 Å². The zero-order valence-electron chi connectivity index (χ0n) is 33.7. The number of benzene rings is 2. The maximum atomic E-state index is 13.1. The molecule has 4 rings (SSSR count). The lowest BCUT2D eigenvalue weighted by atomic mass is 10.1. The van der Waals surface area contributed by atoms with Crippen molar-refractivity contribution in [3.05, 3.63) is 88.1 Å². The van der Waals surface area contributed by atoms with Crippen LogP contribution in [0.3, 0.4) is 0 Å². The van der Waals surface area contributed by atoms with E-state index in [0.29, 0.717) is 55.1 Å². The van der Waals surface area contributed by atoms with Crippen molar-refractivity contribution in [2.75, 3.05) is 47.9 Å². The molecule has 21 heteroatoms. The van der Waals surface area contributed by atoms with Crippen LogP contribution in [0.2, 0.25) is 0 Å². The predicted molar refractivity (Wildman–Crippen MR) is 230 cm³/mol. The number of hydrogen-bond donors (Lipinski definition) is 11. The maximum absolute atomic E-state index is 13.1. The lowest BCUT2D eigenvalue weighted by molar-refractivity contribution is -0.139. The number of fused-ring (bicyclic) bond motifs is 1. The number of rotatable bonds is 24. The van der Waals surface area contributed by atoms with E-state index in [1.54, 1.807) is 24.3 Å². The fourth-order valence-electron chi connectivity index (χ4n) is 5.95. The summed E-state index contributed by atoms with van der Waals surface area (Å²) in [5, 5.41) is 31.0. The lowest BCUT2D eigenvalue weighted by Crippen LogP contribution is -2.48. The van der Waals surface area contributed by atoms with E-state index < -0.39 is 41.3 Å². The minimum atomic E-state index is -1.42. The third-order valence-electron chi connectivity index (χ3n) is 9.38. The van der Waals surface area contributed by atoms with Crippen molar-refractivity contribution in [1.82, 2.24) is 41.2 Å². The van der Waals surface area contributed by atoms with Crippen LogP contribution in [0.15, 0.2) is 71.3 Å². The average Bonchev–Trinajstić information content (AvgIpc) is 3.24. The van der Waals surface area contributed by atoms with Crippen LogP contribution in [0.1, 0.15) is 61.5 Å². The first kappa shape index (κ1) is 46.1. The van der Waals surface area contributed by atoms with Gasteiger partial charge in [-0.15, -0.1) is 0 Å². The van der Waals surface area contributed by atoms with Gasteiger partial charge in [-0.2, -0.15) is 4.98 Å². The number of nitrogens with one attached hydrogen (secondary N) is 7. The number of carboxylic acid groups (broad SMARTS) is 1. The molecular formula is C40H52N14O7. The second kappa shape index (κ2) is 23.1. The second-order valence-electron chi connectivity index (χ2n) is 13.8. The molecule has 0 radical (unpaired) electrons. The van der Waals surface area contributed by atoms with Crippen molar-refractivity contribution in [2.24, 2.45) is 5.73 Å². The van der Waals surface area contributed by atoms with Gasteiger partial charge in [0.25, 0.3) is 11.5 Å². The Kier molecular flexibility index (Phi) is 17.5. The predicted octanol–water partition coefficient (Wildman–Crippen LogP) is 0.749. The zero-order valence-corrected chi connectivity index (χ0v) is 33.7. The number of carbonyl (C=O) groups is 5. The molecule has 2 heterocycles. The molecule has 2 atom stereocenters. The molecule has 61 heavy (non-hydrogen) atoms. The standard InChI is InChI=1S/C40H52N14O7/c1-2-54(29-12-8-26(43)9-13-29)18-16-32(55)45-17-4-3-5-30(37(58)48-21-24(19-41)20-42)50-33(56)15-14-31(39(60)61)51-36(57)25-6-10-27(11-7-25)46-22-28-23-47-35-34(49-28)38(59)53-40(44)52-35/h6-13,19-20,23,30-31,41,46H,2-5,14-18,21-22,42-43H2,1H3,(H,45,55)(H,48,58)(H,50,56)(H,51,57)(H,60,61)(H3,44,47,52,53,59)/b24-20+,41-19?/t30-,31-/m0/s1. The van der Waals surface area contributed by atoms with Gasteiger partial charge in [0.1, 0.15) is 12.1 Å². The summed E-state index contributed by atoms with van der Waals surface area (Å²) in [7, 11) is 0. The van der Waals surface area contributed by atoms with Gasteiger partial charge in [0.2, 0.25) is 23.7 Å². The molecule has 0 spiro atoms. The summed E-state index contributed by atoms with van der Waals surface area (Å²) in [6.07, 6.45) is 4.44. The zero-order chi connectivity index (χ0) is 44.3. The van der Waals surface area contributed by atoms with Crippen LogP contribution in [-0.2, 0) is 25.7 Å². The van der Waals surface area contributed by atoms with E-state index >= 15 is 0 Å². The molecule has 0 aliphatic carbocycles. The van der Waals surface area contributed by atoms with Crippen LogP contribution in [-0.4, -0.2) is 99.1 Å². The lowest BCUT2D eigenvalue weighted by Gasteiger charge is -2.23. The van der Waals surface area contributed by atoms with Gasteiger partial charge in [-0.3, -0.25) is 29.0 Å². The van der Waals surface area contributed by atoms with E-state index in [2.05, 4.69) is 51.4 Å². The summed E-state index contributed by atoms with van der Waals surface area (Å²) in [5.41, 5.74) is 19.6. The molecule has 4 amide bonds. The summed E-state index contributed by atoms with van der Waals surface area (Å²) in [4.78, 5) is 92.7. The number of hydrogen-bond acceptors (Lipinski definition) is 15. The van der Waals surface area contributed by atoms with Crippen molar-refractivity contribution in [1.29, 1.82) is 5.41 Å². The van der Waals surface area contributed by atoms with Gasteiger partial charge in [0, 0.05) is 79.6 Å². The first-order valence-electron chi connectivity index (χ1n) is 19.5. The average molecular weight is 841 g/mol. The Bertz CT molecular complexity index is 2250. The van der Waals surface area contributed by atoms with Crippen molar-refractivity contribution in [2.45, 2.75) is 64.1 Å². The summed E-state index contributed by atoms with van der Waals surface area (Å²) < 4.78 is 0. The van der Waals surface area contributed by atoms with Crippen LogP contribution in [0.5, 0.6) is 0 Å². The third kappa shape index (κ3) is 14.6. The van der Waals surface area contributed by atoms with Crippen LogP contribution >= 0.6 is 0 Å². The number of carbonyl (C=O) groups excluding carboxylic acids is 4. The molecule has 14 N–H and O–H groups in total. The van der Waals surface area contributed by atoms with Crippen molar-refractivity contribution >= 4 is 70.0 Å². The van der Waals surface area contributed by atoms with Crippen LogP contribution in [0.25, 0.3) is 11.2 Å². The highest BCUT2D eigenvalue weighted by molar-refractivity contribution is 5.97. The Morgan fingerprint density at radius 2 is 1.66 bits per heavy atom. The van der Waals surface area contributed by atoms with Gasteiger partial charge in [0.15, 0.2) is 11.2 Å². The van der Waals surface area contributed by atoms with Gasteiger partial charge in [0.05, 0.1) is 18.4 Å². The Morgan fingerprint density at radius 1 is 0.918 bits per heavy atom.